The smallest absolute Gasteiger partial charge is 0.137 e. The maximum Gasteiger partial charge on any atom is 0.137 e. The minimum Gasteiger partial charge on any atom is -0.293 e. The standard InChI is InChI=1S/C17H19N5S/c1-2-5-14(6-3-1)17-20-15(11-23-17)9-21-8-4-7-16(21)10-22-13-18-12-19-22/h1-3,5-6,11-13,16H,4,7-10H2/t16-/m1/s1. The molecule has 118 valence electrons. The van der Waals surface area contributed by atoms with Crippen LogP contribution in [0.3, 0.4) is 0 Å². The Hall–Kier alpha value is -2.05. The number of hydrogen-bond donors (Lipinski definition) is 0. The molecule has 0 unspecified atom stereocenters. The Morgan fingerprint density at radius 3 is 2.96 bits per heavy atom. The van der Waals surface area contributed by atoms with Gasteiger partial charge in [-0.3, -0.25) is 9.58 Å². The van der Waals surface area contributed by atoms with E-state index in [2.05, 4.69) is 44.6 Å². The lowest BCUT2D eigenvalue weighted by molar-refractivity contribution is 0.217. The average Bonchev–Trinajstić information content (AvgIpc) is 3.33. The highest BCUT2D eigenvalue weighted by Crippen LogP contribution is 2.26. The molecule has 4 rings (SSSR count). The third-order valence-corrected chi connectivity index (χ3v) is 5.24. The minimum absolute atomic E-state index is 0.526. The number of benzene rings is 1. The second-order valence-electron chi connectivity index (χ2n) is 5.89. The van der Waals surface area contributed by atoms with E-state index in [-0.39, 0.29) is 0 Å². The van der Waals surface area contributed by atoms with Crippen LogP contribution >= 0.6 is 11.3 Å². The molecule has 0 bridgehead atoms. The quantitative estimate of drug-likeness (QED) is 0.723. The van der Waals surface area contributed by atoms with Gasteiger partial charge in [0.15, 0.2) is 0 Å². The molecule has 0 N–H and O–H groups in total. The number of hydrogen-bond acceptors (Lipinski definition) is 5. The molecule has 3 aromatic rings. The summed E-state index contributed by atoms with van der Waals surface area (Å²) in [5, 5.41) is 7.52. The summed E-state index contributed by atoms with van der Waals surface area (Å²) < 4.78 is 1.93. The highest BCUT2D eigenvalue weighted by atomic mass is 32.1. The van der Waals surface area contributed by atoms with Gasteiger partial charge >= 0.3 is 0 Å². The molecule has 5 nitrogen and oxygen atoms in total. The van der Waals surface area contributed by atoms with Crippen molar-refractivity contribution in [2.45, 2.75) is 32.0 Å². The first-order valence-corrected chi connectivity index (χ1v) is 8.83. The van der Waals surface area contributed by atoms with E-state index < -0.39 is 0 Å². The van der Waals surface area contributed by atoms with Gasteiger partial charge in [0.2, 0.25) is 0 Å². The summed E-state index contributed by atoms with van der Waals surface area (Å²) in [6.45, 7) is 2.97. The van der Waals surface area contributed by atoms with Crippen LogP contribution in [0.1, 0.15) is 18.5 Å². The van der Waals surface area contributed by atoms with Gasteiger partial charge in [-0.2, -0.15) is 5.10 Å². The van der Waals surface area contributed by atoms with Crippen molar-refractivity contribution >= 4 is 11.3 Å². The van der Waals surface area contributed by atoms with Gasteiger partial charge in [-0.05, 0) is 19.4 Å². The van der Waals surface area contributed by atoms with E-state index in [0.29, 0.717) is 6.04 Å². The topological polar surface area (TPSA) is 46.8 Å². The van der Waals surface area contributed by atoms with E-state index in [4.69, 9.17) is 4.98 Å². The molecule has 1 aliphatic rings. The highest BCUT2D eigenvalue weighted by molar-refractivity contribution is 7.13. The molecule has 2 aromatic heterocycles. The van der Waals surface area contributed by atoms with Gasteiger partial charge in [0.1, 0.15) is 17.7 Å². The normalized spacial score (nSPS) is 18.5. The van der Waals surface area contributed by atoms with Crippen LogP contribution in [-0.4, -0.2) is 37.2 Å². The highest BCUT2D eigenvalue weighted by Gasteiger charge is 2.25. The first-order chi connectivity index (χ1) is 11.4. The maximum absolute atomic E-state index is 4.82. The fourth-order valence-electron chi connectivity index (χ4n) is 3.15. The Labute approximate surface area is 139 Å². The summed E-state index contributed by atoms with van der Waals surface area (Å²) in [5.74, 6) is 0. The lowest BCUT2D eigenvalue weighted by Crippen LogP contribution is -2.32. The van der Waals surface area contributed by atoms with E-state index in [0.717, 1.165) is 24.6 Å². The molecule has 1 aliphatic heterocycles. The Balaban J connectivity index is 1.44. The zero-order valence-electron chi connectivity index (χ0n) is 12.9. The van der Waals surface area contributed by atoms with Crippen molar-refractivity contribution in [2.24, 2.45) is 0 Å². The van der Waals surface area contributed by atoms with Crippen LogP contribution in [-0.2, 0) is 13.1 Å². The van der Waals surface area contributed by atoms with Gasteiger partial charge in [0, 0.05) is 23.5 Å². The molecule has 1 saturated heterocycles. The van der Waals surface area contributed by atoms with Crippen LogP contribution in [0, 0.1) is 0 Å². The van der Waals surface area contributed by atoms with Gasteiger partial charge in [-0.15, -0.1) is 11.3 Å². The zero-order valence-corrected chi connectivity index (χ0v) is 13.7. The first kappa shape index (κ1) is 14.5. The average molecular weight is 325 g/mol. The van der Waals surface area contributed by atoms with Crippen molar-refractivity contribution in [3.63, 3.8) is 0 Å². The van der Waals surface area contributed by atoms with Crippen LogP contribution in [0.15, 0.2) is 48.4 Å². The van der Waals surface area contributed by atoms with Gasteiger partial charge < -0.3 is 0 Å². The molecule has 1 atom stereocenters. The predicted octanol–water partition coefficient (Wildman–Crippen LogP) is 3.07. The SMILES string of the molecule is c1ccc(-c2nc(CN3CCC[C@@H]3Cn3cncn3)cs2)cc1. The lowest BCUT2D eigenvalue weighted by Gasteiger charge is -2.23. The number of thiazole rings is 1. The summed E-state index contributed by atoms with van der Waals surface area (Å²) in [5.41, 5.74) is 2.36. The molecular weight excluding hydrogens is 306 g/mol. The zero-order chi connectivity index (χ0) is 15.5. The van der Waals surface area contributed by atoms with Crippen molar-refractivity contribution in [1.82, 2.24) is 24.6 Å². The summed E-state index contributed by atoms with van der Waals surface area (Å²) in [6, 6.07) is 10.9. The van der Waals surface area contributed by atoms with Crippen LogP contribution in [0.5, 0.6) is 0 Å². The Morgan fingerprint density at radius 2 is 2.13 bits per heavy atom. The Morgan fingerprint density at radius 1 is 1.22 bits per heavy atom. The molecule has 23 heavy (non-hydrogen) atoms. The largest absolute Gasteiger partial charge is 0.293 e. The van der Waals surface area contributed by atoms with Crippen molar-refractivity contribution < 1.29 is 0 Å². The number of aromatic nitrogens is 4. The van der Waals surface area contributed by atoms with Crippen molar-refractivity contribution in [1.29, 1.82) is 0 Å². The molecular formula is C17H19N5S. The van der Waals surface area contributed by atoms with Gasteiger partial charge in [0.05, 0.1) is 12.2 Å². The number of likely N-dealkylation sites (tertiary alicyclic amines) is 1. The number of nitrogens with zero attached hydrogens (tertiary/aromatic N) is 5. The molecule has 3 heterocycles. The second kappa shape index (κ2) is 6.60. The molecule has 0 radical (unpaired) electrons. The fourth-order valence-corrected chi connectivity index (χ4v) is 3.97. The van der Waals surface area contributed by atoms with Gasteiger partial charge in [-0.25, -0.2) is 9.97 Å². The van der Waals surface area contributed by atoms with E-state index in [1.807, 2.05) is 10.7 Å². The van der Waals surface area contributed by atoms with Gasteiger partial charge in [-0.1, -0.05) is 30.3 Å². The van der Waals surface area contributed by atoms with Crippen LogP contribution in [0.2, 0.25) is 0 Å². The lowest BCUT2D eigenvalue weighted by atomic mass is 10.2. The molecule has 0 amide bonds. The second-order valence-corrected chi connectivity index (χ2v) is 6.75. The minimum atomic E-state index is 0.526. The molecule has 1 fully saturated rings. The predicted molar refractivity (Wildman–Crippen MR) is 91.0 cm³/mol. The third kappa shape index (κ3) is 3.33. The van der Waals surface area contributed by atoms with Crippen molar-refractivity contribution in [3.05, 3.63) is 54.1 Å². The van der Waals surface area contributed by atoms with Crippen LogP contribution < -0.4 is 0 Å². The summed E-state index contributed by atoms with van der Waals surface area (Å²) in [6.07, 6.45) is 5.86. The Kier molecular flexibility index (Phi) is 4.17. The summed E-state index contributed by atoms with van der Waals surface area (Å²) in [4.78, 5) is 11.4. The van der Waals surface area contributed by atoms with Crippen molar-refractivity contribution in [2.75, 3.05) is 6.54 Å². The van der Waals surface area contributed by atoms with E-state index >= 15 is 0 Å². The first-order valence-electron chi connectivity index (χ1n) is 7.95. The van der Waals surface area contributed by atoms with E-state index in [9.17, 15) is 0 Å². The fraction of sp³-hybridized carbons (Fsp3) is 0.353. The monoisotopic (exact) mass is 325 g/mol. The Bertz CT molecular complexity index is 737. The van der Waals surface area contributed by atoms with Crippen molar-refractivity contribution in [3.8, 4) is 10.6 Å². The van der Waals surface area contributed by atoms with Crippen LogP contribution in [0.4, 0.5) is 0 Å². The molecule has 0 saturated carbocycles. The van der Waals surface area contributed by atoms with E-state index in [1.54, 1.807) is 24.0 Å². The maximum atomic E-state index is 4.82. The molecule has 6 heteroatoms. The molecule has 1 aromatic carbocycles. The van der Waals surface area contributed by atoms with Crippen LogP contribution in [0.25, 0.3) is 10.6 Å². The third-order valence-electron chi connectivity index (χ3n) is 4.30. The van der Waals surface area contributed by atoms with E-state index in [1.165, 1.54) is 24.1 Å². The molecule has 0 aliphatic carbocycles. The summed E-state index contributed by atoms with van der Waals surface area (Å²) in [7, 11) is 0. The number of rotatable bonds is 5. The summed E-state index contributed by atoms with van der Waals surface area (Å²) >= 11 is 1.73. The van der Waals surface area contributed by atoms with Gasteiger partial charge in [0.25, 0.3) is 0 Å². The molecule has 0 spiro atoms.